The fourth-order valence-electron chi connectivity index (χ4n) is 1.67. The van der Waals surface area contributed by atoms with Gasteiger partial charge in [-0.25, -0.2) is 8.42 Å². The molecule has 0 saturated carbocycles. The molecule has 0 bridgehead atoms. The van der Waals surface area contributed by atoms with Gasteiger partial charge in [-0.1, -0.05) is 18.6 Å². The molecular formula is C13H18O4S. The summed E-state index contributed by atoms with van der Waals surface area (Å²) < 4.78 is 23.9. The Balaban J connectivity index is 2.48. The number of sulfone groups is 1. The number of aliphatic carboxylic acids is 1. The molecule has 1 rings (SSSR count). The van der Waals surface area contributed by atoms with Crippen molar-refractivity contribution in [3.63, 3.8) is 0 Å². The fourth-order valence-corrected chi connectivity index (χ4v) is 3.14. The van der Waals surface area contributed by atoms with Crippen LogP contribution in [0.1, 0.15) is 31.2 Å². The number of hydrogen-bond donors (Lipinski definition) is 1. The third-order valence-corrected chi connectivity index (χ3v) is 4.45. The molecule has 0 aliphatic carbocycles. The number of rotatable bonds is 7. The summed E-state index contributed by atoms with van der Waals surface area (Å²) in [5.74, 6) is -0.757. The van der Waals surface area contributed by atoms with Crippen LogP contribution in [0.15, 0.2) is 29.2 Å². The monoisotopic (exact) mass is 270 g/mol. The van der Waals surface area contributed by atoms with E-state index in [-0.39, 0.29) is 12.2 Å². The van der Waals surface area contributed by atoms with Gasteiger partial charge in [-0.3, -0.25) is 4.79 Å². The second-order valence-corrected chi connectivity index (χ2v) is 6.45. The van der Waals surface area contributed by atoms with Crippen LogP contribution >= 0.6 is 0 Å². The van der Waals surface area contributed by atoms with E-state index in [0.29, 0.717) is 24.2 Å². The molecule has 4 nitrogen and oxygen atoms in total. The second-order valence-electron chi connectivity index (χ2n) is 4.34. The van der Waals surface area contributed by atoms with Crippen LogP contribution in [0.5, 0.6) is 0 Å². The van der Waals surface area contributed by atoms with Crippen molar-refractivity contribution in [2.45, 2.75) is 37.5 Å². The van der Waals surface area contributed by atoms with E-state index in [4.69, 9.17) is 5.11 Å². The summed E-state index contributed by atoms with van der Waals surface area (Å²) in [4.78, 5) is 10.6. The zero-order valence-electron chi connectivity index (χ0n) is 10.4. The van der Waals surface area contributed by atoms with Crippen LogP contribution in [0.3, 0.4) is 0 Å². The molecule has 1 aromatic rings. The normalized spacial score (nSPS) is 11.4. The highest BCUT2D eigenvalue weighted by molar-refractivity contribution is 7.91. The molecule has 100 valence electrons. The van der Waals surface area contributed by atoms with Gasteiger partial charge in [-0.2, -0.15) is 0 Å². The summed E-state index contributed by atoms with van der Waals surface area (Å²) in [7, 11) is -3.23. The van der Waals surface area contributed by atoms with E-state index in [1.54, 1.807) is 18.2 Å². The minimum Gasteiger partial charge on any atom is -0.481 e. The van der Waals surface area contributed by atoms with Crippen molar-refractivity contribution in [2.75, 3.05) is 5.75 Å². The van der Waals surface area contributed by atoms with Crippen LogP contribution in [0.4, 0.5) is 0 Å². The van der Waals surface area contributed by atoms with Crippen molar-refractivity contribution >= 4 is 15.8 Å². The standard InChI is InChI=1S/C13H18O4S/c1-11-6-5-7-12(10-11)18(16,17)9-4-2-3-8-13(14)15/h5-7,10H,2-4,8-9H2,1H3,(H,14,15). The predicted octanol–water partition coefficient (Wildman–Crippen LogP) is 2.41. The van der Waals surface area contributed by atoms with Gasteiger partial charge in [-0.15, -0.1) is 0 Å². The van der Waals surface area contributed by atoms with Crippen molar-refractivity contribution in [1.29, 1.82) is 0 Å². The number of benzene rings is 1. The number of hydrogen-bond acceptors (Lipinski definition) is 3. The number of aryl methyl sites for hydroxylation is 1. The van der Waals surface area contributed by atoms with Gasteiger partial charge >= 0.3 is 5.97 Å². The average molecular weight is 270 g/mol. The highest BCUT2D eigenvalue weighted by atomic mass is 32.2. The van der Waals surface area contributed by atoms with Crippen LogP contribution in [0.25, 0.3) is 0 Å². The molecule has 0 saturated heterocycles. The van der Waals surface area contributed by atoms with Crippen molar-refractivity contribution < 1.29 is 18.3 Å². The third-order valence-electron chi connectivity index (χ3n) is 2.65. The van der Waals surface area contributed by atoms with Gasteiger partial charge in [0.25, 0.3) is 0 Å². The van der Waals surface area contributed by atoms with Crippen molar-refractivity contribution in [3.8, 4) is 0 Å². The topological polar surface area (TPSA) is 71.4 Å². The lowest BCUT2D eigenvalue weighted by atomic mass is 10.2. The van der Waals surface area contributed by atoms with Crippen LogP contribution in [-0.2, 0) is 14.6 Å². The molecule has 0 atom stereocenters. The van der Waals surface area contributed by atoms with E-state index >= 15 is 0 Å². The molecule has 0 amide bonds. The zero-order chi connectivity index (χ0) is 13.6. The molecule has 0 unspecified atom stereocenters. The number of carboxylic acid groups (broad SMARTS) is 1. The Bertz CT molecular complexity index is 505. The summed E-state index contributed by atoms with van der Waals surface area (Å²) in [5.41, 5.74) is 0.918. The quantitative estimate of drug-likeness (QED) is 0.772. The largest absolute Gasteiger partial charge is 0.481 e. The predicted molar refractivity (Wildman–Crippen MR) is 69.3 cm³/mol. The highest BCUT2D eigenvalue weighted by Crippen LogP contribution is 2.15. The molecule has 0 spiro atoms. The molecule has 0 aliphatic heterocycles. The van der Waals surface area contributed by atoms with Crippen LogP contribution in [-0.4, -0.2) is 25.2 Å². The summed E-state index contributed by atoms with van der Waals surface area (Å²) in [6.45, 7) is 1.85. The van der Waals surface area contributed by atoms with Crippen molar-refractivity contribution in [1.82, 2.24) is 0 Å². The van der Waals surface area contributed by atoms with E-state index in [1.165, 1.54) is 0 Å². The van der Waals surface area contributed by atoms with Crippen LogP contribution in [0, 0.1) is 6.92 Å². The van der Waals surface area contributed by atoms with Gasteiger partial charge in [-0.05, 0) is 37.5 Å². The van der Waals surface area contributed by atoms with Crippen LogP contribution in [0.2, 0.25) is 0 Å². The molecule has 0 heterocycles. The van der Waals surface area contributed by atoms with E-state index in [2.05, 4.69) is 0 Å². The van der Waals surface area contributed by atoms with Gasteiger partial charge in [0.2, 0.25) is 0 Å². The van der Waals surface area contributed by atoms with Gasteiger partial charge in [0.15, 0.2) is 9.84 Å². The maximum absolute atomic E-state index is 12.0. The first-order valence-electron chi connectivity index (χ1n) is 5.93. The minimum absolute atomic E-state index is 0.0794. The van der Waals surface area contributed by atoms with Gasteiger partial charge < -0.3 is 5.11 Å². The Morgan fingerprint density at radius 3 is 2.56 bits per heavy atom. The van der Waals surface area contributed by atoms with E-state index in [1.807, 2.05) is 13.0 Å². The molecule has 0 aliphatic rings. The van der Waals surface area contributed by atoms with Crippen molar-refractivity contribution in [2.24, 2.45) is 0 Å². The fraction of sp³-hybridized carbons (Fsp3) is 0.462. The number of unbranched alkanes of at least 4 members (excludes halogenated alkanes) is 2. The van der Waals surface area contributed by atoms with Gasteiger partial charge in [0.1, 0.15) is 0 Å². The molecule has 0 aromatic heterocycles. The van der Waals surface area contributed by atoms with Crippen molar-refractivity contribution in [3.05, 3.63) is 29.8 Å². The summed E-state index contributed by atoms with van der Waals surface area (Å²) in [5, 5.41) is 8.46. The molecule has 0 radical (unpaired) electrons. The second kappa shape index (κ2) is 6.54. The summed E-state index contributed by atoms with van der Waals surface area (Å²) in [6, 6.07) is 6.84. The first kappa shape index (κ1) is 14.7. The number of carbonyl (C=O) groups is 1. The van der Waals surface area contributed by atoms with Gasteiger partial charge in [0.05, 0.1) is 10.6 Å². The molecule has 0 fully saturated rings. The smallest absolute Gasteiger partial charge is 0.303 e. The zero-order valence-corrected chi connectivity index (χ0v) is 11.2. The molecule has 5 heteroatoms. The molecule has 1 aromatic carbocycles. The maximum Gasteiger partial charge on any atom is 0.303 e. The average Bonchev–Trinajstić information content (AvgIpc) is 2.28. The Morgan fingerprint density at radius 1 is 1.22 bits per heavy atom. The Morgan fingerprint density at radius 2 is 1.94 bits per heavy atom. The molecule has 18 heavy (non-hydrogen) atoms. The lowest BCUT2D eigenvalue weighted by Gasteiger charge is -2.05. The lowest BCUT2D eigenvalue weighted by Crippen LogP contribution is -2.07. The summed E-state index contributed by atoms with van der Waals surface area (Å²) in [6.07, 6.45) is 1.75. The Labute approximate surface area is 108 Å². The third kappa shape index (κ3) is 4.87. The van der Waals surface area contributed by atoms with E-state index < -0.39 is 15.8 Å². The van der Waals surface area contributed by atoms with Crippen LogP contribution < -0.4 is 0 Å². The minimum atomic E-state index is -3.23. The molecular weight excluding hydrogens is 252 g/mol. The maximum atomic E-state index is 12.0. The van der Waals surface area contributed by atoms with Gasteiger partial charge in [0, 0.05) is 6.42 Å². The molecule has 1 N–H and O–H groups in total. The summed E-state index contributed by atoms with van der Waals surface area (Å²) >= 11 is 0. The Kier molecular flexibility index (Phi) is 5.34. The number of carboxylic acids is 1. The first-order chi connectivity index (χ1) is 8.42. The van der Waals surface area contributed by atoms with E-state index in [0.717, 1.165) is 5.56 Å². The SMILES string of the molecule is Cc1cccc(S(=O)(=O)CCCCCC(=O)O)c1. The first-order valence-corrected chi connectivity index (χ1v) is 7.58. The lowest BCUT2D eigenvalue weighted by molar-refractivity contribution is -0.137. The Hall–Kier alpha value is -1.36. The van der Waals surface area contributed by atoms with E-state index in [9.17, 15) is 13.2 Å². The highest BCUT2D eigenvalue weighted by Gasteiger charge is 2.13.